The highest BCUT2D eigenvalue weighted by atomic mass is 16.3. The van der Waals surface area contributed by atoms with Crippen LogP contribution < -0.4 is 5.32 Å². The first-order chi connectivity index (χ1) is 8.08. The number of benzene rings is 1. The zero-order valence-corrected chi connectivity index (χ0v) is 10.4. The van der Waals surface area contributed by atoms with Crippen molar-refractivity contribution in [3.63, 3.8) is 0 Å². The Labute approximate surface area is 102 Å². The highest BCUT2D eigenvalue weighted by molar-refractivity contribution is 5.97. The molecule has 0 saturated heterocycles. The molecular formula is C14H19NO2. The van der Waals surface area contributed by atoms with Crippen molar-refractivity contribution in [1.82, 2.24) is 5.32 Å². The van der Waals surface area contributed by atoms with Crippen molar-refractivity contribution in [3.05, 3.63) is 29.3 Å². The van der Waals surface area contributed by atoms with Gasteiger partial charge in [0.2, 0.25) is 0 Å². The van der Waals surface area contributed by atoms with Gasteiger partial charge in [-0.15, -0.1) is 0 Å². The molecule has 1 aliphatic rings. The van der Waals surface area contributed by atoms with Crippen LogP contribution in [0.15, 0.2) is 18.2 Å². The van der Waals surface area contributed by atoms with Crippen LogP contribution in [-0.4, -0.2) is 17.1 Å². The van der Waals surface area contributed by atoms with Gasteiger partial charge in [0, 0.05) is 6.04 Å². The van der Waals surface area contributed by atoms with Crippen LogP contribution in [0.3, 0.4) is 0 Å². The summed E-state index contributed by atoms with van der Waals surface area (Å²) in [5.74, 6) is 0.694. The van der Waals surface area contributed by atoms with Gasteiger partial charge in [-0.2, -0.15) is 0 Å². The molecule has 1 aliphatic carbocycles. The lowest BCUT2D eigenvalue weighted by atomic mass is 10.1. The monoisotopic (exact) mass is 233 g/mol. The lowest BCUT2D eigenvalue weighted by Crippen LogP contribution is -2.32. The van der Waals surface area contributed by atoms with Crippen molar-refractivity contribution in [2.45, 2.75) is 39.2 Å². The molecular weight excluding hydrogens is 214 g/mol. The van der Waals surface area contributed by atoms with Gasteiger partial charge in [0.15, 0.2) is 0 Å². The van der Waals surface area contributed by atoms with E-state index >= 15 is 0 Å². The molecule has 1 saturated carbocycles. The molecule has 0 aliphatic heterocycles. The summed E-state index contributed by atoms with van der Waals surface area (Å²) < 4.78 is 0. The Bertz CT molecular complexity index is 424. The standard InChI is InChI=1S/C14H19NO2/c1-9-4-3-5-12(13(9)16)14(17)15-10(2)8-11-6-7-11/h3-5,10-11,16H,6-8H2,1-2H3,(H,15,17). The van der Waals surface area contributed by atoms with Gasteiger partial charge in [-0.25, -0.2) is 0 Å². The van der Waals surface area contributed by atoms with Crippen LogP contribution in [0.5, 0.6) is 5.75 Å². The molecule has 2 rings (SSSR count). The van der Waals surface area contributed by atoms with Gasteiger partial charge in [-0.3, -0.25) is 4.79 Å². The van der Waals surface area contributed by atoms with Crippen molar-refractivity contribution in [2.75, 3.05) is 0 Å². The van der Waals surface area contributed by atoms with Crippen LogP contribution in [-0.2, 0) is 0 Å². The number of amides is 1. The molecule has 92 valence electrons. The molecule has 1 unspecified atom stereocenters. The summed E-state index contributed by atoms with van der Waals surface area (Å²) in [6.45, 7) is 3.81. The maximum atomic E-state index is 12.0. The van der Waals surface area contributed by atoms with Gasteiger partial charge in [0.05, 0.1) is 5.56 Å². The maximum Gasteiger partial charge on any atom is 0.255 e. The average Bonchev–Trinajstić information content (AvgIpc) is 3.05. The molecule has 2 N–H and O–H groups in total. The third kappa shape index (κ3) is 2.99. The zero-order chi connectivity index (χ0) is 12.4. The second kappa shape index (κ2) is 4.78. The van der Waals surface area contributed by atoms with Gasteiger partial charge < -0.3 is 10.4 Å². The minimum absolute atomic E-state index is 0.0867. The predicted molar refractivity (Wildman–Crippen MR) is 67.1 cm³/mol. The molecule has 1 fully saturated rings. The predicted octanol–water partition coefficient (Wildman–Crippen LogP) is 2.62. The third-order valence-electron chi connectivity index (χ3n) is 3.24. The van der Waals surface area contributed by atoms with Crippen LogP contribution in [0.25, 0.3) is 0 Å². The number of hydrogen-bond acceptors (Lipinski definition) is 2. The fraction of sp³-hybridized carbons (Fsp3) is 0.500. The Morgan fingerprint density at radius 1 is 1.53 bits per heavy atom. The summed E-state index contributed by atoms with van der Waals surface area (Å²) in [5.41, 5.74) is 1.10. The molecule has 1 amide bonds. The van der Waals surface area contributed by atoms with E-state index in [1.54, 1.807) is 25.1 Å². The van der Waals surface area contributed by atoms with E-state index in [4.69, 9.17) is 0 Å². The smallest absolute Gasteiger partial charge is 0.255 e. The summed E-state index contributed by atoms with van der Waals surface area (Å²) >= 11 is 0. The maximum absolute atomic E-state index is 12.0. The Morgan fingerprint density at radius 3 is 2.88 bits per heavy atom. The van der Waals surface area contributed by atoms with Crippen molar-refractivity contribution < 1.29 is 9.90 Å². The zero-order valence-electron chi connectivity index (χ0n) is 10.4. The first-order valence-electron chi connectivity index (χ1n) is 6.17. The molecule has 17 heavy (non-hydrogen) atoms. The van der Waals surface area contributed by atoms with Gasteiger partial charge in [-0.05, 0) is 37.8 Å². The minimum Gasteiger partial charge on any atom is -0.507 e. The molecule has 1 aromatic rings. The lowest BCUT2D eigenvalue weighted by molar-refractivity contribution is 0.0934. The molecule has 0 aromatic heterocycles. The summed E-state index contributed by atoms with van der Waals surface area (Å²) in [6.07, 6.45) is 3.62. The number of hydrogen-bond donors (Lipinski definition) is 2. The number of aromatic hydroxyl groups is 1. The number of aryl methyl sites for hydroxylation is 1. The van der Waals surface area contributed by atoms with Crippen LogP contribution in [0.4, 0.5) is 0 Å². The van der Waals surface area contributed by atoms with Crippen LogP contribution >= 0.6 is 0 Å². The number of carbonyl (C=O) groups excluding carboxylic acids is 1. The normalized spacial score (nSPS) is 16.6. The lowest BCUT2D eigenvalue weighted by Gasteiger charge is -2.14. The van der Waals surface area contributed by atoms with E-state index in [0.717, 1.165) is 17.9 Å². The van der Waals surface area contributed by atoms with Crippen LogP contribution in [0.2, 0.25) is 0 Å². The highest BCUT2D eigenvalue weighted by Gasteiger charge is 2.24. The van der Waals surface area contributed by atoms with E-state index in [2.05, 4.69) is 5.32 Å². The molecule has 3 nitrogen and oxygen atoms in total. The number of carbonyl (C=O) groups is 1. The first-order valence-corrected chi connectivity index (χ1v) is 6.17. The number of rotatable bonds is 4. The average molecular weight is 233 g/mol. The summed E-state index contributed by atoms with van der Waals surface area (Å²) in [5, 5.41) is 12.8. The third-order valence-corrected chi connectivity index (χ3v) is 3.24. The van der Waals surface area contributed by atoms with E-state index in [1.165, 1.54) is 12.8 Å². The van der Waals surface area contributed by atoms with Crippen LogP contribution in [0.1, 0.15) is 42.1 Å². The van der Waals surface area contributed by atoms with E-state index in [0.29, 0.717) is 5.56 Å². The fourth-order valence-electron chi connectivity index (χ4n) is 2.06. The van der Waals surface area contributed by atoms with E-state index in [9.17, 15) is 9.90 Å². The second-order valence-corrected chi connectivity index (χ2v) is 5.02. The van der Waals surface area contributed by atoms with E-state index in [-0.39, 0.29) is 17.7 Å². The highest BCUT2D eigenvalue weighted by Crippen LogP contribution is 2.33. The Kier molecular flexibility index (Phi) is 3.36. The topological polar surface area (TPSA) is 49.3 Å². The largest absolute Gasteiger partial charge is 0.507 e. The van der Waals surface area contributed by atoms with Crippen molar-refractivity contribution >= 4 is 5.91 Å². The molecule has 1 aromatic carbocycles. The quantitative estimate of drug-likeness (QED) is 0.839. The Morgan fingerprint density at radius 2 is 2.24 bits per heavy atom. The van der Waals surface area contributed by atoms with Crippen LogP contribution in [0, 0.1) is 12.8 Å². The molecule has 1 atom stereocenters. The van der Waals surface area contributed by atoms with Gasteiger partial charge in [0.1, 0.15) is 5.75 Å². The molecule has 0 bridgehead atoms. The van der Waals surface area contributed by atoms with Crippen molar-refractivity contribution in [3.8, 4) is 5.75 Å². The second-order valence-electron chi connectivity index (χ2n) is 5.02. The summed E-state index contributed by atoms with van der Waals surface area (Å²) in [6, 6.07) is 5.41. The van der Waals surface area contributed by atoms with Gasteiger partial charge in [-0.1, -0.05) is 25.0 Å². The summed E-state index contributed by atoms with van der Waals surface area (Å²) in [4.78, 5) is 12.0. The summed E-state index contributed by atoms with van der Waals surface area (Å²) in [7, 11) is 0. The van der Waals surface area contributed by atoms with E-state index < -0.39 is 0 Å². The fourth-order valence-corrected chi connectivity index (χ4v) is 2.06. The number of nitrogens with one attached hydrogen (secondary N) is 1. The number of para-hydroxylation sites is 1. The molecule has 0 radical (unpaired) electrons. The van der Waals surface area contributed by atoms with Crippen molar-refractivity contribution in [2.24, 2.45) is 5.92 Å². The van der Waals surface area contributed by atoms with Gasteiger partial charge >= 0.3 is 0 Å². The van der Waals surface area contributed by atoms with Gasteiger partial charge in [0.25, 0.3) is 5.91 Å². The SMILES string of the molecule is Cc1cccc(C(=O)NC(C)CC2CC2)c1O. The Hall–Kier alpha value is -1.51. The molecule has 3 heteroatoms. The van der Waals surface area contributed by atoms with Crippen molar-refractivity contribution in [1.29, 1.82) is 0 Å². The number of phenols is 1. The van der Waals surface area contributed by atoms with E-state index in [1.807, 2.05) is 6.92 Å². The first kappa shape index (κ1) is 12.0. The minimum atomic E-state index is -0.181. The number of phenolic OH excluding ortho intramolecular Hbond substituents is 1. The molecule has 0 heterocycles. The Balaban J connectivity index is 2.00. The molecule has 0 spiro atoms.